The predicted molar refractivity (Wildman–Crippen MR) is 116 cm³/mol. The molecule has 29 heavy (non-hydrogen) atoms. The van der Waals surface area contributed by atoms with Crippen LogP contribution in [0, 0.1) is 0 Å². The maximum atomic E-state index is 12.8. The number of rotatable bonds is 9. The summed E-state index contributed by atoms with van der Waals surface area (Å²) in [4.78, 5) is 18.1. The first-order valence-electron chi connectivity index (χ1n) is 10.0. The third kappa shape index (κ3) is 4.60. The van der Waals surface area contributed by atoms with E-state index in [2.05, 4.69) is 29.0 Å². The normalized spacial score (nSPS) is 12.3. The lowest BCUT2D eigenvalue weighted by atomic mass is 10.0. The lowest BCUT2D eigenvalue weighted by Gasteiger charge is -2.21. The second-order valence-corrected chi connectivity index (χ2v) is 6.98. The molecule has 3 aromatic rings. The largest absolute Gasteiger partial charge is 0.494 e. The molecule has 0 radical (unpaired) electrons. The van der Waals surface area contributed by atoms with E-state index in [1.807, 2.05) is 48.5 Å². The molecule has 0 saturated carbocycles. The molecule has 0 aliphatic rings. The van der Waals surface area contributed by atoms with Crippen LogP contribution < -0.4 is 10.1 Å². The number of H-pyrrole nitrogens is 1. The van der Waals surface area contributed by atoms with Crippen LogP contribution in [0.2, 0.25) is 0 Å². The van der Waals surface area contributed by atoms with Gasteiger partial charge in [0.05, 0.1) is 24.1 Å². The zero-order chi connectivity index (χ0) is 20.8. The number of nitrogens with zero attached hydrogens (tertiary/aromatic N) is 1. The van der Waals surface area contributed by atoms with Gasteiger partial charge in [0.15, 0.2) is 5.75 Å². The van der Waals surface area contributed by atoms with Gasteiger partial charge in [-0.2, -0.15) is 0 Å². The summed E-state index contributed by atoms with van der Waals surface area (Å²) >= 11 is 0. The third-order valence-corrected chi connectivity index (χ3v) is 5.16. The Labute approximate surface area is 171 Å². The van der Waals surface area contributed by atoms with Gasteiger partial charge in [0.2, 0.25) is 0 Å². The molecule has 6 nitrogen and oxygen atoms in total. The van der Waals surface area contributed by atoms with Gasteiger partial charge in [0.1, 0.15) is 5.69 Å². The van der Waals surface area contributed by atoms with E-state index in [9.17, 15) is 9.90 Å². The maximum Gasteiger partial charge on any atom is 0.271 e. The summed E-state index contributed by atoms with van der Waals surface area (Å²) in [5, 5.41) is 13.9. The number of aromatic nitrogens is 1. The minimum Gasteiger partial charge on any atom is -0.494 e. The summed E-state index contributed by atoms with van der Waals surface area (Å²) in [5.41, 5.74) is 3.24. The van der Waals surface area contributed by atoms with Gasteiger partial charge in [-0.25, -0.2) is 0 Å². The molecule has 1 amide bonds. The minimum absolute atomic E-state index is 0.180. The smallest absolute Gasteiger partial charge is 0.271 e. The molecule has 6 heteroatoms. The van der Waals surface area contributed by atoms with Gasteiger partial charge in [0.25, 0.3) is 5.91 Å². The first-order chi connectivity index (χ1) is 14.1. The number of aromatic amines is 1. The number of hydrogen-bond acceptors (Lipinski definition) is 4. The van der Waals surface area contributed by atoms with Crippen molar-refractivity contribution in [1.29, 1.82) is 0 Å². The Balaban J connectivity index is 1.85. The lowest BCUT2D eigenvalue weighted by Crippen LogP contribution is -2.40. The molecule has 1 unspecified atom stereocenters. The number of aliphatic hydroxyl groups is 1. The van der Waals surface area contributed by atoms with Crippen molar-refractivity contribution in [3.63, 3.8) is 0 Å². The van der Waals surface area contributed by atoms with Gasteiger partial charge in [0, 0.05) is 13.1 Å². The average molecular weight is 396 g/mol. The van der Waals surface area contributed by atoms with E-state index in [0.29, 0.717) is 18.0 Å². The number of ether oxygens (including phenoxy) is 1. The Morgan fingerprint density at radius 3 is 2.52 bits per heavy atom. The third-order valence-electron chi connectivity index (χ3n) is 5.16. The molecule has 0 bridgehead atoms. The average Bonchev–Trinajstić information content (AvgIpc) is 3.15. The molecule has 0 aliphatic carbocycles. The molecule has 0 fully saturated rings. The highest BCUT2D eigenvalue weighted by Crippen LogP contribution is 2.37. The minimum atomic E-state index is -0.630. The fourth-order valence-corrected chi connectivity index (χ4v) is 3.58. The first kappa shape index (κ1) is 20.9. The van der Waals surface area contributed by atoms with E-state index >= 15 is 0 Å². The van der Waals surface area contributed by atoms with Crippen LogP contribution in [-0.2, 0) is 0 Å². The van der Waals surface area contributed by atoms with Crippen molar-refractivity contribution in [3.8, 4) is 16.9 Å². The van der Waals surface area contributed by atoms with Crippen LogP contribution in [0.5, 0.6) is 5.75 Å². The highest BCUT2D eigenvalue weighted by molar-refractivity contribution is 6.08. The van der Waals surface area contributed by atoms with Crippen LogP contribution in [0.3, 0.4) is 0 Å². The molecule has 0 spiro atoms. The SMILES string of the molecule is CCN(CC)CC(O)CNC(=O)c1[nH]c2cccc(-c3ccccc3)c2c1OC. The lowest BCUT2D eigenvalue weighted by molar-refractivity contribution is 0.0863. The van der Waals surface area contributed by atoms with Crippen LogP contribution in [0.1, 0.15) is 24.3 Å². The molecule has 154 valence electrons. The van der Waals surface area contributed by atoms with E-state index in [1.165, 1.54) is 0 Å². The number of hydrogen-bond donors (Lipinski definition) is 3. The van der Waals surface area contributed by atoms with Crippen LogP contribution in [0.25, 0.3) is 22.0 Å². The molecule has 0 saturated heterocycles. The van der Waals surface area contributed by atoms with Crippen molar-refractivity contribution in [2.75, 3.05) is 33.3 Å². The summed E-state index contributed by atoms with van der Waals surface area (Å²) in [6.07, 6.45) is -0.630. The Kier molecular flexibility index (Phi) is 6.90. The molecule has 2 aromatic carbocycles. The molecule has 3 rings (SSSR count). The first-order valence-corrected chi connectivity index (χ1v) is 10.0. The Morgan fingerprint density at radius 1 is 1.14 bits per heavy atom. The van der Waals surface area contributed by atoms with Gasteiger partial charge in [-0.1, -0.05) is 56.3 Å². The van der Waals surface area contributed by atoms with Gasteiger partial charge < -0.3 is 25.0 Å². The topological polar surface area (TPSA) is 77.6 Å². The van der Waals surface area contributed by atoms with Crippen LogP contribution >= 0.6 is 0 Å². The number of fused-ring (bicyclic) bond motifs is 1. The predicted octanol–water partition coefficient (Wildman–Crippen LogP) is 3.28. The molecule has 1 heterocycles. The number of benzene rings is 2. The summed E-state index contributed by atoms with van der Waals surface area (Å²) in [5.74, 6) is 0.214. The number of methoxy groups -OCH3 is 1. The van der Waals surface area contributed by atoms with Crippen molar-refractivity contribution < 1.29 is 14.6 Å². The van der Waals surface area contributed by atoms with E-state index < -0.39 is 6.10 Å². The van der Waals surface area contributed by atoms with Crippen molar-refractivity contribution >= 4 is 16.8 Å². The van der Waals surface area contributed by atoms with E-state index in [0.717, 1.165) is 35.1 Å². The zero-order valence-electron chi connectivity index (χ0n) is 17.2. The number of amides is 1. The van der Waals surface area contributed by atoms with Crippen molar-refractivity contribution in [2.45, 2.75) is 20.0 Å². The van der Waals surface area contributed by atoms with Crippen molar-refractivity contribution in [3.05, 3.63) is 54.2 Å². The fourth-order valence-electron chi connectivity index (χ4n) is 3.58. The quantitative estimate of drug-likeness (QED) is 0.520. The highest BCUT2D eigenvalue weighted by atomic mass is 16.5. The Morgan fingerprint density at radius 2 is 1.86 bits per heavy atom. The second kappa shape index (κ2) is 9.58. The second-order valence-electron chi connectivity index (χ2n) is 6.98. The molecule has 0 aliphatic heterocycles. The van der Waals surface area contributed by atoms with Gasteiger partial charge in [-0.3, -0.25) is 4.79 Å². The van der Waals surface area contributed by atoms with Gasteiger partial charge in [-0.15, -0.1) is 0 Å². The maximum absolute atomic E-state index is 12.8. The Bertz CT molecular complexity index is 949. The molecular formula is C23H29N3O3. The summed E-state index contributed by atoms with van der Waals surface area (Å²) in [6.45, 7) is 6.52. The number of likely N-dealkylation sites (N-methyl/N-ethyl adjacent to an activating group) is 1. The molecule has 3 N–H and O–H groups in total. The Hall–Kier alpha value is -2.83. The standard InChI is InChI=1S/C23H29N3O3/c1-4-26(5-2)15-17(27)14-24-23(28)21-22(29-3)20-18(12-9-13-19(20)25-21)16-10-7-6-8-11-16/h6-13,17,25,27H,4-5,14-15H2,1-3H3,(H,24,28). The summed E-state index contributed by atoms with van der Waals surface area (Å²) in [6, 6.07) is 15.9. The number of carbonyl (C=O) groups excluding carboxylic acids is 1. The number of carbonyl (C=O) groups is 1. The van der Waals surface area contributed by atoms with E-state index in [4.69, 9.17) is 4.74 Å². The van der Waals surface area contributed by atoms with Crippen molar-refractivity contribution in [1.82, 2.24) is 15.2 Å². The number of nitrogens with one attached hydrogen (secondary N) is 2. The fraction of sp³-hybridized carbons (Fsp3) is 0.348. The zero-order valence-corrected chi connectivity index (χ0v) is 17.2. The number of aliphatic hydroxyl groups excluding tert-OH is 1. The van der Waals surface area contributed by atoms with Crippen molar-refractivity contribution in [2.24, 2.45) is 0 Å². The summed E-state index contributed by atoms with van der Waals surface area (Å²) in [7, 11) is 1.57. The van der Waals surface area contributed by atoms with Crippen LogP contribution in [0.15, 0.2) is 48.5 Å². The van der Waals surface area contributed by atoms with Gasteiger partial charge in [-0.05, 0) is 30.3 Å². The summed E-state index contributed by atoms with van der Waals surface area (Å²) < 4.78 is 5.63. The monoisotopic (exact) mass is 395 g/mol. The molecule has 1 aromatic heterocycles. The van der Waals surface area contributed by atoms with E-state index in [-0.39, 0.29) is 12.5 Å². The highest BCUT2D eigenvalue weighted by Gasteiger charge is 2.22. The van der Waals surface area contributed by atoms with Gasteiger partial charge >= 0.3 is 0 Å². The van der Waals surface area contributed by atoms with Crippen LogP contribution in [0.4, 0.5) is 0 Å². The molecular weight excluding hydrogens is 366 g/mol. The van der Waals surface area contributed by atoms with E-state index in [1.54, 1.807) is 7.11 Å². The molecule has 1 atom stereocenters. The van der Waals surface area contributed by atoms with Crippen LogP contribution in [-0.4, -0.2) is 60.3 Å².